The molecule has 1 spiro atoms. The molecule has 1 aliphatic carbocycles. The molecule has 34 heavy (non-hydrogen) atoms. The van der Waals surface area contributed by atoms with Gasteiger partial charge in [-0.1, -0.05) is 72.8 Å². The van der Waals surface area contributed by atoms with Gasteiger partial charge in [0.05, 0.1) is 13.2 Å². The standard InChI is InChI=1S/C28H20FNO4/c1-34-27(33)24-23(19-11-5-6-12-20(19)29)28(25(31)17-9-3-4-10-18(17)26(28)32)22-15-14-16-8-2-7-13-21(16)30(22)24/h2-15,22-24H,1H3/t22-,23-,24+/m0/s1. The SMILES string of the molecule is COC(=O)[C@H]1[C@H](c2ccccc2F)C2(C(=O)c3ccccc3C2=O)[C@@H]2C=Cc3ccccc3N21. The number of para-hydroxylation sites is 1. The van der Waals surface area contributed by atoms with Crippen LogP contribution >= 0.6 is 0 Å². The van der Waals surface area contributed by atoms with Crippen molar-refractivity contribution in [2.45, 2.75) is 18.0 Å². The lowest BCUT2D eigenvalue weighted by Gasteiger charge is -2.36. The number of ether oxygens (including phenoxy) is 1. The van der Waals surface area contributed by atoms with Gasteiger partial charge in [0.1, 0.15) is 17.3 Å². The second-order valence-electron chi connectivity index (χ2n) is 8.81. The largest absolute Gasteiger partial charge is 0.467 e. The third-order valence-electron chi connectivity index (χ3n) is 7.40. The Hall–Kier alpha value is -4.06. The van der Waals surface area contributed by atoms with Gasteiger partial charge in [0.2, 0.25) is 0 Å². The second-order valence-corrected chi connectivity index (χ2v) is 8.81. The highest BCUT2D eigenvalue weighted by Crippen LogP contribution is 2.60. The van der Waals surface area contributed by atoms with Gasteiger partial charge in [-0.25, -0.2) is 9.18 Å². The van der Waals surface area contributed by atoms with Crippen LogP contribution in [0.2, 0.25) is 0 Å². The molecular formula is C28H20FNO4. The molecule has 6 rings (SSSR count). The van der Waals surface area contributed by atoms with Crippen LogP contribution in [0.3, 0.4) is 0 Å². The molecule has 0 unspecified atom stereocenters. The van der Waals surface area contributed by atoms with Gasteiger partial charge in [-0.3, -0.25) is 9.59 Å². The zero-order chi connectivity index (χ0) is 23.6. The first-order valence-corrected chi connectivity index (χ1v) is 11.1. The Kier molecular flexibility index (Phi) is 4.36. The third-order valence-corrected chi connectivity index (χ3v) is 7.40. The molecule has 2 heterocycles. The molecule has 0 N–H and O–H groups in total. The van der Waals surface area contributed by atoms with Gasteiger partial charge in [-0.05, 0) is 23.3 Å². The van der Waals surface area contributed by atoms with Gasteiger partial charge in [0, 0.05) is 22.7 Å². The van der Waals surface area contributed by atoms with Crippen LogP contribution < -0.4 is 4.90 Å². The lowest BCUT2D eigenvalue weighted by molar-refractivity contribution is -0.142. The van der Waals surface area contributed by atoms with E-state index in [1.54, 1.807) is 53.4 Å². The summed E-state index contributed by atoms with van der Waals surface area (Å²) in [5.41, 5.74) is 0.563. The summed E-state index contributed by atoms with van der Waals surface area (Å²) >= 11 is 0. The Labute approximate surface area is 195 Å². The summed E-state index contributed by atoms with van der Waals surface area (Å²) in [7, 11) is 1.26. The van der Waals surface area contributed by atoms with E-state index in [1.807, 2.05) is 30.3 Å². The maximum absolute atomic E-state index is 15.4. The summed E-state index contributed by atoms with van der Waals surface area (Å²) in [6.07, 6.45) is 3.65. The number of carbonyl (C=O) groups is 3. The fraction of sp³-hybridized carbons (Fsp3) is 0.179. The van der Waals surface area contributed by atoms with E-state index in [0.717, 1.165) is 5.56 Å². The van der Waals surface area contributed by atoms with Crippen molar-refractivity contribution in [3.8, 4) is 0 Å². The van der Waals surface area contributed by atoms with Crippen molar-refractivity contribution in [2.24, 2.45) is 5.41 Å². The van der Waals surface area contributed by atoms with Crippen molar-refractivity contribution >= 4 is 29.3 Å². The van der Waals surface area contributed by atoms with Gasteiger partial charge in [0.15, 0.2) is 11.6 Å². The number of Topliss-reactive ketones (excluding diaryl/α,β-unsaturated/α-hetero) is 2. The first kappa shape index (κ1) is 20.5. The Balaban J connectivity index is 1.71. The Morgan fingerprint density at radius 1 is 0.912 bits per heavy atom. The molecule has 0 bridgehead atoms. The number of methoxy groups -OCH3 is 1. The lowest BCUT2D eigenvalue weighted by atomic mass is 9.64. The van der Waals surface area contributed by atoms with Gasteiger partial charge >= 0.3 is 5.97 Å². The summed E-state index contributed by atoms with van der Waals surface area (Å²) < 4.78 is 20.6. The maximum atomic E-state index is 15.4. The molecule has 0 saturated carbocycles. The fourth-order valence-corrected chi connectivity index (χ4v) is 6.08. The molecule has 3 aromatic carbocycles. The smallest absolute Gasteiger partial charge is 0.329 e. The molecule has 3 aromatic rings. The average molecular weight is 453 g/mol. The van der Waals surface area contributed by atoms with E-state index in [9.17, 15) is 14.4 Å². The summed E-state index contributed by atoms with van der Waals surface area (Å²) in [6, 6.07) is 18.3. The molecule has 2 aliphatic heterocycles. The van der Waals surface area contributed by atoms with Gasteiger partial charge < -0.3 is 9.64 Å². The number of anilines is 1. The predicted molar refractivity (Wildman–Crippen MR) is 124 cm³/mol. The Morgan fingerprint density at radius 3 is 2.21 bits per heavy atom. The first-order chi connectivity index (χ1) is 16.5. The zero-order valence-corrected chi connectivity index (χ0v) is 18.3. The highest BCUT2D eigenvalue weighted by atomic mass is 19.1. The summed E-state index contributed by atoms with van der Waals surface area (Å²) in [5.74, 6) is -3.08. The van der Waals surface area contributed by atoms with E-state index < -0.39 is 46.8 Å². The molecule has 168 valence electrons. The Morgan fingerprint density at radius 2 is 1.53 bits per heavy atom. The fourth-order valence-electron chi connectivity index (χ4n) is 6.08. The first-order valence-electron chi connectivity index (χ1n) is 11.1. The lowest BCUT2D eigenvalue weighted by Crippen LogP contribution is -2.48. The van der Waals surface area contributed by atoms with Gasteiger partial charge in [-0.2, -0.15) is 0 Å². The van der Waals surface area contributed by atoms with Crippen molar-refractivity contribution in [2.75, 3.05) is 12.0 Å². The van der Waals surface area contributed by atoms with Crippen molar-refractivity contribution in [3.05, 3.63) is 107 Å². The van der Waals surface area contributed by atoms with Crippen LogP contribution in [0.5, 0.6) is 0 Å². The molecule has 0 aromatic heterocycles. The highest BCUT2D eigenvalue weighted by Gasteiger charge is 2.72. The average Bonchev–Trinajstić information content (AvgIpc) is 3.30. The van der Waals surface area contributed by atoms with Crippen LogP contribution in [0.25, 0.3) is 6.08 Å². The highest BCUT2D eigenvalue weighted by molar-refractivity contribution is 6.32. The molecule has 6 heteroatoms. The molecular weight excluding hydrogens is 433 g/mol. The van der Waals surface area contributed by atoms with Crippen molar-refractivity contribution in [1.82, 2.24) is 0 Å². The minimum absolute atomic E-state index is 0.146. The van der Waals surface area contributed by atoms with Gasteiger partial charge in [0.25, 0.3) is 0 Å². The third kappa shape index (κ3) is 2.40. The monoisotopic (exact) mass is 453 g/mol. The predicted octanol–water partition coefficient (Wildman–Crippen LogP) is 4.43. The van der Waals surface area contributed by atoms with E-state index in [1.165, 1.54) is 13.2 Å². The Bertz CT molecular complexity index is 1380. The number of rotatable bonds is 2. The molecule has 1 saturated heterocycles. The molecule has 0 amide bonds. The van der Waals surface area contributed by atoms with Crippen molar-refractivity contribution in [3.63, 3.8) is 0 Å². The summed E-state index contributed by atoms with van der Waals surface area (Å²) in [5, 5.41) is 0. The zero-order valence-electron chi connectivity index (χ0n) is 18.3. The van der Waals surface area contributed by atoms with E-state index >= 15 is 4.39 Å². The summed E-state index contributed by atoms with van der Waals surface area (Å²) in [6.45, 7) is 0. The molecule has 3 atom stereocenters. The number of hydrogen-bond acceptors (Lipinski definition) is 5. The number of nitrogens with zero attached hydrogens (tertiary/aromatic N) is 1. The van der Waals surface area contributed by atoms with Crippen LogP contribution in [0.1, 0.15) is 37.8 Å². The number of carbonyl (C=O) groups excluding carboxylic acids is 3. The van der Waals surface area contributed by atoms with Crippen LogP contribution in [-0.2, 0) is 9.53 Å². The number of benzene rings is 3. The minimum Gasteiger partial charge on any atom is -0.467 e. The number of ketones is 2. The number of halogens is 1. The normalized spacial score (nSPS) is 23.6. The number of esters is 1. The number of hydrogen-bond donors (Lipinski definition) is 0. The van der Waals surface area contributed by atoms with Crippen LogP contribution in [0.15, 0.2) is 78.9 Å². The van der Waals surface area contributed by atoms with Crippen LogP contribution in [-0.4, -0.2) is 36.7 Å². The number of fused-ring (bicyclic) bond motifs is 5. The van der Waals surface area contributed by atoms with E-state index in [0.29, 0.717) is 16.8 Å². The molecule has 1 fully saturated rings. The second kappa shape index (κ2) is 7.22. The topological polar surface area (TPSA) is 63.7 Å². The molecule has 5 nitrogen and oxygen atoms in total. The quantitative estimate of drug-likeness (QED) is 0.424. The molecule has 0 radical (unpaired) electrons. The maximum Gasteiger partial charge on any atom is 0.329 e. The summed E-state index contributed by atoms with van der Waals surface area (Å²) in [4.78, 5) is 43.5. The van der Waals surface area contributed by atoms with E-state index in [4.69, 9.17) is 4.74 Å². The van der Waals surface area contributed by atoms with Crippen molar-refractivity contribution < 1.29 is 23.5 Å². The van der Waals surface area contributed by atoms with Gasteiger partial charge in [-0.15, -0.1) is 0 Å². The van der Waals surface area contributed by atoms with Crippen LogP contribution in [0.4, 0.5) is 10.1 Å². The van der Waals surface area contributed by atoms with Crippen molar-refractivity contribution in [1.29, 1.82) is 0 Å². The molecule has 3 aliphatic rings. The van der Waals surface area contributed by atoms with Crippen LogP contribution in [0, 0.1) is 11.2 Å². The van der Waals surface area contributed by atoms with E-state index in [-0.39, 0.29) is 5.56 Å². The minimum atomic E-state index is -1.71. The van der Waals surface area contributed by atoms with E-state index in [2.05, 4.69) is 0 Å².